The van der Waals surface area contributed by atoms with Crippen LogP contribution in [-0.4, -0.2) is 14.7 Å². The Morgan fingerprint density at radius 2 is 1.67 bits per heavy atom. The van der Waals surface area contributed by atoms with Gasteiger partial charge in [0, 0.05) is 27.8 Å². The molecule has 0 spiro atoms. The van der Waals surface area contributed by atoms with Crippen molar-refractivity contribution >= 4 is 29.4 Å². The molecule has 0 saturated heterocycles. The number of hydrogen-bond donors (Lipinski definition) is 0. The number of nitro groups is 1. The molecule has 7 heteroatoms. The predicted octanol–water partition coefficient (Wildman–Crippen LogP) is 6.59. The van der Waals surface area contributed by atoms with Gasteiger partial charge in [-0.05, 0) is 42.0 Å². The summed E-state index contributed by atoms with van der Waals surface area (Å²) in [4.78, 5) is 12.1. The van der Waals surface area contributed by atoms with E-state index in [1.165, 1.54) is 6.08 Å². The average Bonchev–Trinajstić information content (AvgIpc) is 3.18. The fraction of sp³-hybridized carbons (Fsp3) is 0. The summed E-state index contributed by atoms with van der Waals surface area (Å²) >= 11 is 7.62. The van der Waals surface area contributed by atoms with E-state index in [-0.39, 0.29) is 0 Å². The molecule has 3 aromatic carbocycles. The SMILES string of the molecule is O=[N+]([O-])/C=C/c1ccc(-c2nn(-c3ccccc3)cc2Sc2ccc(Cl)cc2)cc1. The average molecular weight is 434 g/mol. The smallest absolute Gasteiger partial charge is 0.235 e. The van der Waals surface area contributed by atoms with E-state index in [0.717, 1.165) is 38.5 Å². The fourth-order valence-corrected chi connectivity index (χ4v) is 3.93. The minimum atomic E-state index is -0.476. The van der Waals surface area contributed by atoms with E-state index < -0.39 is 4.92 Å². The molecule has 0 aliphatic carbocycles. The molecule has 0 fully saturated rings. The Kier molecular flexibility index (Phi) is 5.97. The lowest BCUT2D eigenvalue weighted by molar-refractivity contribution is -0.400. The number of aromatic nitrogens is 2. The molecular weight excluding hydrogens is 418 g/mol. The van der Waals surface area contributed by atoms with Gasteiger partial charge in [-0.1, -0.05) is 65.8 Å². The van der Waals surface area contributed by atoms with Crippen LogP contribution in [-0.2, 0) is 0 Å². The summed E-state index contributed by atoms with van der Waals surface area (Å²) in [5, 5.41) is 16.0. The van der Waals surface area contributed by atoms with Gasteiger partial charge >= 0.3 is 0 Å². The quantitative estimate of drug-likeness (QED) is 0.254. The molecular formula is C23H16ClN3O2S. The Labute approximate surface area is 182 Å². The normalized spacial score (nSPS) is 11.1. The third-order valence-corrected chi connectivity index (χ3v) is 5.59. The zero-order valence-electron chi connectivity index (χ0n) is 15.7. The van der Waals surface area contributed by atoms with Crippen molar-refractivity contribution in [3.8, 4) is 16.9 Å². The first kappa shape index (κ1) is 19.9. The van der Waals surface area contributed by atoms with Crippen molar-refractivity contribution in [1.29, 1.82) is 0 Å². The van der Waals surface area contributed by atoms with Crippen molar-refractivity contribution in [2.24, 2.45) is 0 Å². The molecule has 4 aromatic rings. The first-order valence-corrected chi connectivity index (χ1v) is 10.3. The van der Waals surface area contributed by atoms with Gasteiger partial charge in [-0.2, -0.15) is 5.10 Å². The van der Waals surface area contributed by atoms with Gasteiger partial charge in [-0.15, -0.1) is 0 Å². The van der Waals surface area contributed by atoms with Gasteiger partial charge in [0.15, 0.2) is 0 Å². The summed E-state index contributed by atoms with van der Waals surface area (Å²) in [6.07, 6.45) is 4.40. The minimum absolute atomic E-state index is 0.476. The Bertz CT molecular complexity index is 1190. The van der Waals surface area contributed by atoms with Crippen molar-refractivity contribution in [2.75, 3.05) is 0 Å². The third kappa shape index (κ3) is 4.79. The van der Waals surface area contributed by atoms with Crippen LogP contribution >= 0.6 is 23.4 Å². The highest BCUT2D eigenvalue weighted by molar-refractivity contribution is 7.99. The second-order valence-electron chi connectivity index (χ2n) is 6.40. The molecule has 0 amide bonds. The maximum absolute atomic E-state index is 10.5. The van der Waals surface area contributed by atoms with Crippen LogP contribution in [0, 0.1) is 10.1 Å². The highest BCUT2D eigenvalue weighted by atomic mass is 35.5. The van der Waals surface area contributed by atoms with Crippen LogP contribution in [0.3, 0.4) is 0 Å². The van der Waals surface area contributed by atoms with Crippen LogP contribution in [0.1, 0.15) is 5.56 Å². The van der Waals surface area contributed by atoms with E-state index >= 15 is 0 Å². The molecule has 0 bridgehead atoms. The van der Waals surface area contributed by atoms with Gasteiger partial charge in [-0.3, -0.25) is 10.1 Å². The van der Waals surface area contributed by atoms with Crippen molar-refractivity contribution < 1.29 is 4.92 Å². The van der Waals surface area contributed by atoms with Crippen LogP contribution in [0.25, 0.3) is 23.0 Å². The number of halogens is 1. The summed E-state index contributed by atoms with van der Waals surface area (Å²) in [5.41, 5.74) is 3.49. The monoisotopic (exact) mass is 433 g/mol. The summed E-state index contributed by atoms with van der Waals surface area (Å²) in [7, 11) is 0. The third-order valence-electron chi connectivity index (χ3n) is 4.32. The second-order valence-corrected chi connectivity index (χ2v) is 7.95. The molecule has 0 radical (unpaired) electrons. The Morgan fingerprint density at radius 1 is 0.967 bits per heavy atom. The highest BCUT2D eigenvalue weighted by Gasteiger charge is 2.14. The lowest BCUT2D eigenvalue weighted by Crippen LogP contribution is -1.94. The molecule has 0 aliphatic rings. The lowest BCUT2D eigenvalue weighted by Gasteiger charge is -2.03. The molecule has 0 atom stereocenters. The maximum Gasteiger partial charge on any atom is 0.235 e. The summed E-state index contributed by atoms with van der Waals surface area (Å²) in [6.45, 7) is 0. The minimum Gasteiger partial charge on any atom is -0.259 e. The van der Waals surface area contributed by atoms with Gasteiger partial charge in [0.1, 0.15) is 5.69 Å². The maximum atomic E-state index is 10.5. The van der Waals surface area contributed by atoms with E-state index in [9.17, 15) is 10.1 Å². The van der Waals surface area contributed by atoms with E-state index in [1.54, 1.807) is 11.8 Å². The molecule has 30 heavy (non-hydrogen) atoms. The molecule has 4 rings (SSSR count). The van der Waals surface area contributed by atoms with Gasteiger partial charge < -0.3 is 0 Å². The van der Waals surface area contributed by atoms with E-state index in [2.05, 4.69) is 0 Å². The van der Waals surface area contributed by atoms with Crippen LogP contribution in [0.5, 0.6) is 0 Å². The Balaban J connectivity index is 1.72. The first-order chi connectivity index (χ1) is 14.6. The molecule has 5 nitrogen and oxygen atoms in total. The van der Waals surface area contributed by atoms with Crippen molar-refractivity contribution in [3.05, 3.63) is 112 Å². The number of para-hydroxylation sites is 1. The fourth-order valence-electron chi connectivity index (χ4n) is 2.87. The summed E-state index contributed by atoms with van der Waals surface area (Å²) in [5.74, 6) is 0. The molecule has 0 saturated carbocycles. The number of rotatable bonds is 6. The van der Waals surface area contributed by atoms with Crippen LogP contribution in [0.15, 0.2) is 101 Å². The van der Waals surface area contributed by atoms with Gasteiger partial charge in [0.25, 0.3) is 0 Å². The van der Waals surface area contributed by atoms with Gasteiger partial charge in [0.2, 0.25) is 6.20 Å². The largest absolute Gasteiger partial charge is 0.259 e. The van der Waals surface area contributed by atoms with E-state index in [4.69, 9.17) is 16.7 Å². The summed E-state index contributed by atoms with van der Waals surface area (Å²) < 4.78 is 1.86. The van der Waals surface area contributed by atoms with Gasteiger partial charge in [-0.25, -0.2) is 4.68 Å². The molecule has 1 aromatic heterocycles. The van der Waals surface area contributed by atoms with Crippen molar-refractivity contribution in [2.45, 2.75) is 9.79 Å². The Hall–Kier alpha value is -3.35. The van der Waals surface area contributed by atoms with Gasteiger partial charge in [0.05, 0.1) is 15.5 Å². The van der Waals surface area contributed by atoms with E-state index in [0.29, 0.717) is 5.02 Å². The van der Waals surface area contributed by atoms with Crippen molar-refractivity contribution in [1.82, 2.24) is 9.78 Å². The first-order valence-electron chi connectivity index (χ1n) is 9.09. The van der Waals surface area contributed by atoms with E-state index in [1.807, 2.05) is 89.7 Å². The standard InChI is InChI=1S/C23H16ClN3O2S/c24-19-10-12-21(13-11-19)30-22-16-26(20-4-2-1-3-5-20)25-23(22)18-8-6-17(7-9-18)14-15-27(28)29/h1-16H/b15-14+. The molecule has 0 unspecified atom stereocenters. The highest BCUT2D eigenvalue weighted by Crippen LogP contribution is 2.36. The van der Waals surface area contributed by atoms with Crippen molar-refractivity contribution in [3.63, 3.8) is 0 Å². The predicted molar refractivity (Wildman–Crippen MR) is 121 cm³/mol. The van der Waals surface area contributed by atoms with Crippen LogP contribution in [0.4, 0.5) is 0 Å². The molecule has 0 aliphatic heterocycles. The number of hydrogen-bond acceptors (Lipinski definition) is 4. The molecule has 148 valence electrons. The molecule has 0 N–H and O–H groups in total. The second kappa shape index (κ2) is 8.98. The zero-order chi connectivity index (χ0) is 20.9. The Morgan fingerprint density at radius 3 is 2.33 bits per heavy atom. The number of nitrogens with zero attached hydrogens (tertiary/aromatic N) is 3. The van der Waals surface area contributed by atoms with Crippen LogP contribution in [0.2, 0.25) is 5.02 Å². The van der Waals surface area contributed by atoms with Crippen LogP contribution < -0.4 is 0 Å². The topological polar surface area (TPSA) is 61.0 Å². The summed E-state index contributed by atoms with van der Waals surface area (Å²) in [6, 6.07) is 25.1. The zero-order valence-corrected chi connectivity index (χ0v) is 17.3. The molecule has 1 heterocycles. The number of benzene rings is 3. The lowest BCUT2D eigenvalue weighted by atomic mass is 10.1.